The van der Waals surface area contributed by atoms with Crippen molar-refractivity contribution in [3.8, 4) is 11.3 Å². The fourth-order valence-corrected chi connectivity index (χ4v) is 4.56. The first kappa shape index (κ1) is 20.6. The van der Waals surface area contributed by atoms with Crippen LogP contribution in [0.4, 0.5) is 0 Å². The lowest BCUT2D eigenvalue weighted by Crippen LogP contribution is -2.52. The van der Waals surface area contributed by atoms with E-state index in [1.165, 1.54) is 0 Å². The van der Waals surface area contributed by atoms with Crippen LogP contribution in [-0.4, -0.2) is 41.6 Å². The number of carbonyl (C=O) groups is 2. The maximum Gasteiger partial charge on any atom is 0.314 e. The highest BCUT2D eigenvalue weighted by molar-refractivity contribution is 5.84. The van der Waals surface area contributed by atoms with Crippen molar-refractivity contribution in [2.75, 3.05) is 19.7 Å². The fourth-order valence-electron chi connectivity index (χ4n) is 4.56. The number of aryl methyl sites for hydroxylation is 1. The topological polar surface area (TPSA) is 72.6 Å². The van der Waals surface area contributed by atoms with Gasteiger partial charge in [0.2, 0.25) is 5.91 Å². The summed E-state index contributed by atoms with van der Waals surface area (Å²) < 4.78 is 11.1. The first-order valence-electron chi connectivity index (χ1n) is 10.9. The van der Waals surface area contributed by atoms with Gasteiger partial charge in [0.05, 0.1) is 12.0 Å². The molecule has 1 amide bonds. The van der Waals surface area contributed by atoms with Gasteiger partial charge in [0, 0.05) is 37.1 Å². The lowest BCUT2D eigenvalue weighted by atomic mass is 9.76. The smallest absolute Gasteiger partial charge is 0.314 e. The second-order valence-electron chi connectivity index (χ2n) is 8.91. The molecule has 0 N–H and O–H groups in total. The van der Waals surface area contributed by atoms with E-state index in [1.54, 1.807) is 0 Å². The fraction of sp³-hybridized carbons (Fsp3) is 0.542. The molecule has 4 rings (SSSR count). The van der Waals surface area contributed by atoms with E-state index in [1.807, 2.05) is 43.0 Å². The summed E-state index contributed by atoms with van der Waals surface area (Å²) >= 11 is 0. The number of amides is 1. The zero-order valence-corrected chi connectivity index (χ0v) is 18.0. The van der Waals surface area contributed by atoms with Crippen molar-refractivity contribution in [1.29, 1.82) is 0 Å². The van der Waals surface area contributed by atoms with Gasteiger partial charge in [-0.1, -0.05) is 35.8 Å². The average molecular weight is 411 g/mol. The summed E-state index contributed by atoms with van der Waals surface area (Å²) in [6.07, 6.45) is 2.79. The molecule has 1 aromatic heterocycles. The lowest BCUT2D eigenvalue weighted by molar-refractivity contribution is -0.161. The van der Waals surface area contributed by atoms with Gasteiger partial charge in [-0.15, -0.1) is 0 Å². The first-order chi connectivity index (χ1) is 14.4. The van der Waals surface area contributed by atoms with E-state index < -0.39 is 5.41 Å². The number of benzene rings is 1. The van der Waals surface area contributed by atoms with E-state index in [4.69, 9.17) is 9.26 Å². The number of hydrogen-bond acceptors (Lipinski definition) is 5. The van der Waals surface area contributed by atoms with Gasteiger partial charge < -0.3 is 14.2 Å². The normalized spacial score (nSPS) is 25.8. The Morgan fingerprint density at radius 2 is 2.13 bits per heavy atom. The number of aromatic nitrogens is 1. The number of likely N-dealkylation sites (tertiary alicyclic amines) is 1. The second-order valence-corrected chi connectivity index (χ2v) is 8.91. The quantitative estimate of drug-likeness (QED) is 0.673. The van der Waals surface area contributed by atoms with Crippen LogP contribution in [0, 0.1) is 24.2 Å². The molecule has 3 atom stereocenters. The number of hydrogen-bond donors (Lipinski definition) is 0. The van der Waals surface area contributed by atoms with Crippen LogP contribution in [-0.2, 0) is 20.7 Å². The van der Waals surface area contributed by atoms with Crippen molar-refractivity contribution in [1.82, 2.24) is 10.1 Å². The molecule has 30 heavy (non-hydrogen) atoms. The van der Waals surface area contributed by atoms with Crippen molar-refractivity contribution in [3.63, 3.8) is 0 Å². The molecule has 1 aliphatic carbocycles. The van der Waals surface area contributed by atoms with Crippen molar-refractivity contribution < 1.29 is 18.8 Å². The lowest BCUT2D eigenvalue weighted by Gasteiger charge is -2.40. The molecule has 2 aromatic rings. The zero-order valence-electron chi connectivity index (χ0n) is 18.0. The Kier molecular flexibility index (Phi) is 5.67. The van der Waals surface area contributed by atoms with Crippen LogP contribution >= 0.6 is 0 Å². The third-order valence-corrected chi connectivity index (χ3v) is 6.41. The third-order valence-electron chi connectivity index (χ3n) is 6.41. The van der Waals surface area contributed by atoms with E-state index in [-0.39, 0.29) is 17.8 Å². The minimum atomic E-state index is -0.786. The molecule has 1 saturated carbocycles. The van der Waals surface area contributed by atoms with E-state index in [0.717, 1.165) is 29.7 Å². The van der Waals surface area contributed by atoms with E-state index in [2.05, 4.69) is 18.1 Å². The summed E-state index contributed by atoms with van der Waals surface area (Å²) in [4.78, 5) is 27.8. The zero-order chi connectivity index (χ0) is 21.3. The predicted octanol–water partition coefficient (Wildman–Crippen LogP) is 4.02. The molecule has 2 fully saturated rings. The minimum Gasteiger partial charge on any atom is -0.466 e. The van der Waals surface area contributed by atoms with Crippen molar-refractivity contribution in [3.05, 3.63) is 41.7 Å². The molecular formula is C24H30N2O4. The summed E-state index contributed by atoms with van der Waals surface area (Å²) in [5.74, 6) is 1.13. The predicted molar refractivity (Wildman–Crippen MR) is 113 cm³/mol. The molecule has 0 spiro atoms. The number of piperidine rings is 1. The highest BCUT2D eigenvalue weighted by Crippen LogP contribution is 2.42. The molecule has 2 aliphatic rings. The summed E-state index contributed by atoms with van der Waals surface area (Å²) in [7, 11) is 0. The molecule has 0 unspecified atom stereocenters. The average Bonchev–Trinajstić information content (AvgIpc) is 3.28. The van der Waals surface area contributed by atoms with Crippen LogP contribution < -0.4 is 0 Å². The Labute approximate surface area is 177 Å². The molecule has 1 aromatic carbocycles. The molecule has 6 nitrogen and oxygen atoms in total. The number of carbonyl (C=O) groups excluding carboxylic acids is 2. The maximum atomic E-state index is 13.0. The Morgan fingerprint density at radius 3 is 2.83 bits per heavy atom. The van der Waals surface area contributed by atoms with Gasteiger partial charge in [-0.25, -0.2) is 0 Å². The molecule has 0 bridgehead atoms. The van der Waals surface area contributed by atoms with Crippen molar-refractivity contribution in [2.45, 2.75) is 46.5 Å². The molecule has 0 radical (unpaired) electrons. The van der Waals surface area contributed by atoms with Crippen molar-refractivity contribution >= 4 is 11.9 Å². The SMILES string of the molecule is CCOC(=O)[C@]1(Cc2cc(-c3cccc(C)c3)no2)CCCN(C(=O)[C@@H]2C[C@H]2C)C1. The summed E-state index contributed by atoms with van der Waals surface area (Å²) in [6.45, 7) is 7.36. The number of rotatable bonds is 6. The molecular weight excluding hydrogens is 380 g/mol. The van der Waals surface area contributed by atoms with Gasteiger partial charge in [0.15, 0.2) is 0 Å². The number of nitrogens with zero attached hydrogens (tertiary/aromatic N) is 2. The Balaban J connectivity index is 1.57. The largest absolute Gasteiger partial charge is 0.466 e. The van der Waals surface area contributed by atoms with Crippen LogP contribution in [0.5, 0.6) is 0 Å². The molecule has 1 saturated heterocycles. The Morgan fingerprint density at radius 1 is 1.33 bits per heavy atom. The Bertz CT molecular complexity index is 937. The minimum absolute atomic E-state index is 0.112. The monoisotopic (exact) mass is 410 g/mol. The number of esters is 1. The molecule has 160 valence electrons. The summed E-state index contributed by atoms with van der Waals surface area (Å²) in [5.41, 5.74) is 2.10. The van der Waals surface area contributed by atoms with Gasteiger partial charge in [0.1, 0.15) is 11.5 Å². The highest BCUT2D eigenvalue weighted by Gasteiger charge is 2.49. The van der Waals surface area contributed by atoms with Gasteiger partial charge in [-0.2, -0.15) is 0 Å². The van der Waals surface area contributed by atoms with Crippen LogP contribution in [0.3, 0.4) is 0 Å². The standard InChI is InChI=1S/C24H30N2O4/c1-4-29-23(28)24(9-6-10-26(15-24)22(27)20-12-17(20)3)14-19-13-21(25-30-19)18-8-5-7-16(2)11-18/h5,7-8,11,13,17,20H,4,6,9-10,12,14-15H2,1-3H3/t17-,20-,24+/m1/s1. The first-order valence-corrected chi connectivity index (χ1v) is 10.9. The van der Waals surface area contributed by atoms with E-state index in [9.17, 15) is 9.59 Å². The highest BCUT2D eigenvalue weighted by atomic mass is 16.5. The summed E-state index contributed by atoms with van der Waals surface area (Å²) in [6, 6.07) is 9.98. The Hall–Kier alpha value is -2.63. The van der Waals surface area contributed by atoms with E-state index in [0.29, 0.717) is 44.2 Å². The van der Waals surface area contributed by atoms with Gasteiger partial charge in [-0.05, 0) is 45.1 Å². The van der Waals surface area contributed by atoms with Crippen LogP contribution in [0.1, 0.15) is 44.4 Å². The summed E-state index contributed by atoms with van der Waals surface area (Å²) in [5, 5.41) is 4.22. The molecule has 2 heterocycles. The van der Waals surface area contributed by atoms with Crippen LogP contribution in [0.15, 0.2) is 34.9 Å². The van der Waals surface area contributed by atoms with Crippen LogP contribution in [0.25, 0.3) is 11.3 Å². The van der Waals surface area contributed by atoms with E-state index >= 15 is 0 Å². The maximum absolute atomic E-state index is 13.0. The van der Waals surface area contributed by atoms with Crippen LogP contribution in [0.2, 0.25) is 0 Å². The van der Waals surface area contributed by atoms with Gasteiger partial charge in [0.25, 0.3) is 0 Å². The van der Waals surface area contributed by atoms with Gasteiger partial charge >= 0.3 is 5.97 Å². The second kappa shape index (κ2) is 8.25. The van der Waals surface area contributed by atoms with Crippen molar-refractivity contribution in [2.24, 2.45) is 17.3 Å². The van der Waals surface area contributed by atoms with Gasteiger partial charge in [-0.3, -0.25) is 9.59 Å². The molecule has 6 heteroatoms. The third kappa shape index (κ3) is 4.13. The number of ether oxygens (including phenoxy) is 1. The molecule has 1 aliphatic heterocycles.